The Labute approximate surface area is 154 Å². The van der Waals surface area contributed by atoms with Crippen LogP contribution in [0.25, 0.3) is 0 Å². The maximum absolute atomic E-state index is 10.4. The molecule has 0 atom stereocenters. The molecule has 98 valence electrons. The highest BCUT2D eigenvalue weighted by atomic mass is 32.2. The lowest BCUT2D eigenvalue weighted by Gasteiger charge is -2.31. The molecule has 1 rings (SSSR count). The first-order chi connectivity index (χ1) is 10.8. The third-order valence-corrected chi connectivity index (χ3v) is 5.29. The lowest BCUT2D eigenvalue weighted by atomic mass is 8.50. The normalized spacial score (nSPS) is 12.3. The number of thioether (sulfide) groups is 1. The Kier molecular flexibility index (Phi) is 9.63. The number of hydrogen-bond acceptors (Lipinski definition) is 2. The topological polar surface area (TPSA) is 37.3 Å². The second-order valence-electron chi connectivity index (χ2n) is 6.03. The molecule has 1 aliphatic rings. The third kappa shape index (κ3) is 7.40. The van der Waals surface area contributed by atoms with Crippen molar-refractivity contribution in [3.63, 3.8) is 0 Å². The first kappa shape index (κ1) is 21.4. The van der Waals surface area contributed by atoms with Crippen LogP contribution in [0.1, 0.15) is 25.7 Å². The van der Waals surface area contributed by atoms with Crippen LogP contribution in [-0.2, 0) is 4.79 Å². The summed E-state index contributed by atoms with van der Waals surface area (Å²) in [5, 5.41) is 8.58. The Morgan fingerprint density at radius 1 is 1.04 bits per heavy atom. The molecule has 12 radical (unpaired) electrons. The van der Waals surface area contributed by atoms with Gasteiger partial charge in [0.1, 0.15) is 0 Å². The van der Waals surface area contributed by atoms with Crippen LogP contribution in [0.3, 0.4) is 0 Å². The summed E-state index contributed by atoms with van der Waals surface area (Å²) in [5.41, 5.74) is 0. The van der Waals surface area contributed by atoms with Gasteiger partial charge in [-0.2, -0.15) is 0 Å². The van der Waals surface area contributed by atoms with Crippen LogP contribution in [-0.4, -0.2) is 102 Å². The average molecular weight is 302 g/mol. The van der Waals surface area contributed by atoms with Crippen LogP contribution < -0.4 is 0 Å². The lowest BCUT2D eigenvalue weighted by molar-refractivity contribution is -0.137. The highest BCUT2D eigenvalue weighted by Crippen LogP contribution is 2.34. The monoisotopic (exact) mass is 304 g/mol. The van der Waals surface area contributed by atoms with Crippen molar-refractivity contribution < 1.29 is 9.90 Å². The number of carboxylic acid groups (broad SMARTS) is 1. The van der Waals surface area contributed by atoms with Crippen LogP contribution in [0, 0.1) is 0 Å². The number of unbranched alkanes of at least 4 members (excludes halogenated alkanes) is 2. The molecule has 0 spiro atoms. The molecule has 0 aromatic heterocycles. The number of carbonyl (C=O) groups is 1. The van der Waals surface area contributed by atoms with Gasteiger partial charge >= 0.3 is 5.97 Å². The van der Waals surface area contributed by atoms with Crippen molar-refractivity contribution in [3.05, 3.63) is 10.8 Å². The fraction of sp³-hybridized carbons (Fsp3) is 0.625. The summed E-state index contributed by atoms with van der Waals surface area (Å²) in [4.78, 5) is 11.6. The summed E-state index contributed by atoms with van der Waals surface area (Å²) in [6.07, 6.45) is 0.328. The van der Waals surface area contributed by atoms with Crippen molar-refractivity contribution in [2.45, 2.75) is 25.7 Å². The average Bonchev–Trinajstić information content (AvgIpc) is 3.17. The van der Waals surface area contributed by atoms with E-state index in [0.717, 1.165) is 18.6 Å². The highest BCUT2D eigenvalue weighted by molar-refractivity contribution is 8.13. The second kappa shape index (κ2) is 10.4. The quantitative estimate of drug-likeness (QED) is 0.325. The van der Waals surface area contributed by atoms with E-state index >= 15 is 0 Å². The van der Waals surface area contributed by atoms with Crippen LogP contribution in [0.5, 0.6) is 0 Å². The van der Waals surface area contributed by atoms with Gasteiger partial charge in [-0.05, 0) is 18.6 Å². The summed E-state index contributed by atoms with van der Waals surface area (Å²) >= 11 is 1.74. The van der Waals surface area contributed by atoms with Gasteiger partial charge in [0, 0.05) is 84.8 Å². The zero-order chi connectivity index (χ0) is 17.6. The first-order valence-corrected chi connectivity index (χ1v) is 8.84. The van der Waals surface area contributed by atoms with Gasteiger partial charge in [-0.25, -0.2) is 0 Å². The van der Waals surface area contributed by atoms with Crippen molar-refractivity contribution in [3.8, 4) is 0 Å². The third-order valence-electron chi connectivity index (χ3n) is 4.06. The Hall–Kier alpha value is 0.339. The Bertz CT molecular complexity index is 410. The minimum Gasteiger partial charge on any atom is -0.481 e. The SMILES string of the molecule is [B]B([B])B(B([B])[B])B(B([B])[B])B1C=C1SCCCCCC(=O)O. The largest absolute Gasteiger partial charge is 0.481 e. The van der Waals surface area contributed by atoms with E-state index in [0.29, 0.717) is 6.42 Å². The molecule has 15 heteroatoms. The zero-order valence-electron chi connectivity index (χ0n) is 13.3. The zero-order valence-corrected chi connectivity index (χ0v) is 14.1. The fourth-order valence-corrected chi connectivity index (χ4v) is 4.00. The van der Waals surface area contributed by atoms with E-state index in [1.165, 1.54) is 4.80 Å². The number of aliphatic carboxylic acids is 1. The second-order valence-corrected chi connectivity index (χ2v) is 7.20. The summed E-state index contributed by atoms with van der Waals surface area (Å²) in [5.74, 6) is 2.28. The van der Waals surface area contributed by atoms with Gasteiger partial charge in [0.05, 0.1) is 0 Å². The predicted octanol–water partition coefficient (Wildman–Crippen LogP) is -2.31. The Morgan fingerprint density at radius 3 is 2.13 bits per heavy atom. The molecule has 0 saturated carbocycles. The summed E-state index contributed by atoms with van der Waals surface area (Å²) in [6, 6.07) is 0. The standard InChI is InChI=1S/C8H12B12O2S/c9-16(10)19(20(17(11)12)18(13)14)15-6-7(15)23-5-3-1-2-4-8(21)22/h6H,1-5H2,(H,21,22). The number of carboxylic acids is 1. The van der Waals surface area contributed by atoms with E-state index in [-0.39, 0.29) is 25.8 Å². The van der Waals surface area contributed by atoms with Gasteiger partial charge in [-0.1, -0.05) is 11.2 Å². The lowest BCUT2D eigenvalue weighted by Crippen LogP contribution is -2.70. The molecule has 0 bridgehead atoms. The first-order valence-electron chi connectivity index (χ1n) is 7.85. The maximum atomic E-state index is 10.4. The van der Waals surface area contributed by atoms with Crippen LogP contribution in [0.4, 0.5) is 0 Å². The Balaban J connectivity index is 2.37. The van der Waals surface area contributed by atoms with Gasteiger partial charge in [0.25, 0.3) is 0 Å². The molecule has 2 nitrogen and oxygen atoms in total. The van der Waals surface area contributed by atoms with Crippen LogP contribution >= 0.6 is 11.8 Å². The van der Waals surface area contributed by atoms with E-state index in [9.17, 15) is 4.79 Å². The minimum atomic E-state index is -0.746. The van der Waals surface area contributed by atoms with Crippen molar-refractivity contribution >= 4 is 103 Å². The molecule has 1 N–H and O–H groups in total. The maximum Gasteiger partial charge on any atom is 0.303 e. The summed E-state index contributed by atoms with van der Waals surface area (Å²) in [7, 11) is 35.0. The molecular formula is C8H12B12O2S. The van der Waals surface area contributed by atoms with E-state index in [1.807, 2.05) is 0 Å². The minimum absolute atomic E-state index is 0.133. The van der Waals surface area contributed by atoms with Gasteiger partial charge in [0.15, 0.2) is 6.60 Å². The van der Waals surface area contributed by atoms with Gasteiger partial charge in [-0.3, -0.25) is 4.79 Å². The van der Waals surface area contributed by atoms with Gasteiger partial charge in [0.2, 0.25) is 0 Å². The van der Waals surface area contributed by atoms with Crippen molar-refractivity contribution in [1.82, 2.24) is 0 Å². The Morgan fingerprint density at radius 2 is 1.65 bits per heavy atom. The molecule has 0 amide bonds. The fourth-order valence-electron chi connectivity index (χ4n) is 2.82. The predicted molar refractivity (Wildman–Crippen MR) is 116 cm³/mol. The summed E-state index contributed by atoms with van der Waals surface area (Å²) < 4.78 is 0. The molecule has 0 aromatic rings. The summed E-state index contributed by atoms with van der Waals surface area (Å²) in [6.45, 7) is 0.133. The molecule has 1 aliphatic heterocycles. The molecule has 0 aliphatic carbocycles. The molecular weight excluding hydrogens is 290 g/mol. The van der Waals surface area contributed by atoms with Crippen molar-refractivity contribution in [2.24, 2.45) is 0 Å². The molecule has 23 heavy (non-hydrogen) atoms. The van der Waals surface area contributed by atoms with E-state index < -0.39 is 25.1 Å². The highest BCUT2D eigenvalue weighted by Gasteiger charge is 2.46. The molecule has 0 aromatic carbocycles. The smallest absolute Gasteiger partial charge is 0.303 e. The number of rotatable bonds is 12. The van der Waals surface area contributed by atoms with E-state index in [2.05, 4.69) is 5.98 Å². The molecule has 0 saturated heterocycles. The van der Waals surface area contributed by atoms with Crippen molar-refractivity contribution in [1.29, 1.82) is 0 Å². The van der Waals surface area contributed by atoms with Crippen molar-refractivity contribution in [2.75, 3.05) is 5.75 Å². The number of hydrogen-bond donors (Lipinski definition) is 1. The van der Waals surface area contributed by atoms with E-state index in [4.69, 9.17) is 51.5 Å². The molecule has 0 fully saturated rings. The van der Waals surface area contributed by atoms with Crippen LogP contribution in [0.15, 0.2) is 10.8 Å². The van der Waals surface area contributed by atoms with E-state index in [1.54, 1.807) is 11.8 Å². The van der Waals surface area contributed by atoms with Gasteiger partial charge < -0.3 is 5.11 Å². The molecule has 1 heterocycles. The van der Waals surface area contributed by atoms with Crippen LogP contribution in [0.2, 0.25) is 0 Å². The molecule has 0 unspecified atom stereocenters. The van der Waals surface area contributed by atoms with Gasteiger partial charge in [-0.15, -0.1) is 17.7 Å².